The van der Waals surface area contributed by atoms with Gasteiger partial charge in [0.2, 0.25) is 0 Å². The Morgan fingerprint density at radius 2 is 2.25 bits per heavy atom. The van der Waals surface area contributed by atoms with Crippen molar-refractivity contribution in [2.75, 3.05) is 0 Å². The predicted octanol–water partition coefficient (Wildman–Crippen LogP) is 2.74. The highest BCUT2D eigenvalue weighted by molar-refractivity contribution is 9.10. The minimum absolute atomic E-state index is 0.719. The lowest BCUT2D eigenvalue weighted by Crippen LogP contribution is -2.34. The number of halogens is 1. The van der Waals surface area contributed by atoms with E-state index in [1.807, 2.05) is 18.3 Å². The van der Waals surface area contributed by atoms with Gasteiger partial charge in [0, 0.05) is 29.5 Å². The largest absolute Gasteiger partial charge is 0.308 e. The summed E-state index contributed by atoms with van der Waals surface area (Å²) in [5.74, 6) is 0. The summed E-state index contributed by atoms with van der Waals surface area (Å²) in [5.41, 5.74) is 2.12. The van der Waals surface area contributed by atoms with E-state index in [-0.39, 0.29) is 0 Å². The average Bonchev–Trinajstić information content (AvgIpc) is 2.57. The standard InChI is InChI=1S/C12H14BrN3/c13-9-4-5-12-15-11(8-16(12)7-9)6-14-10-2-1-3-10/h4-5,7-8,10,14H,1-3,6H2. The minimum Gasteiger partial charge on any atom is -0.308 e. The quantitative estimate of drug-likeness (QED) is 0.936. The Morgan fingerprint density at radius 3 is 3.00 bits per heavy atom. The molecule has 0 aromatic carbocycles. The number of imidazole rings is 1. The van der Waals surface area contributed by atoms with Gasteiger partial charge in [0.05, 0.1) is 5.69 Å². The Kier molecular flexibility index (Phi) is 2.69. The van der Waals surface area contributed by atoms with Crippen LogP contribution in [-0.4, -0.2) is 15.4 Å². The van der Waals surface area contributed by atoms with Gasteiger partial charge in [-0.05, 0) is 40.9 Å². The van der Waals surface area contributed by atoms with Gasteiger partial charge in [0.1, 0.15) is 5.65 Å². The van der Waals surface area contributed by atoms with Crippen molar-refractivity contribution in [2.45, 2.75) is 31.8 Å². The van der Waals surface area contributed by atoms with Crippen molar-refractivity contribution in [2.24, 2.45) is 0 Å². The van der Waals surface area contributed by atoms with E-state index in [1.54, 1.807) is 0 Å². The highest BCUT2D eigenvalue weighted by Crippen LogP contribution is 2.18. The zero-order valence-electron chi connectivity index (χ0n) is 8.99. The summed E-state index contributed by atoms with van der Waals surface area (Å²) >= 11 is 3.46. The van der Waals surface area contributed by atoms with Crippen molar-refractivity contribution < 1.29 is 0 Å². The van der Waals surface area contributed by atoms with Gasteiger partial charge in [-0.1, -0.05) is 6.42 Å². The third-order valence-electron chi connectivity index (χ3n) is 3.14. The summed E-state index contributed by atoms with van der Waals surface area (Å²) in [4.78, 5) is 4.56. The molecule has 1 fully saturated rings. The number of fused-ring (bicyclic) bond motifs is 1. The molecule has 16 heavy (non-hydrogen) atoms. The van der Waals surface area contributed by atoms with Crippen LogP contribution in [0.5, 0.6) is 0 Å². The molecular weight excluding hydrogens is 266 g/mol. The molecule has 1 aliphatic carbocycles. The van der Waals surface area contributed by atoms with E-state index >= 15 is 0 Å². The van der Waals surface area contributed by atoms with E-state index in [4.69, 9.17) is 0 Å². The van der Waals surface area contributed by atoms with Gasteiger partial charge in [0.25, 0.3) is 0 Å². The number of aromatic nitrogens is 2. The van der Waals surface area contributed by atoms with E-state index in [2.05, 4.69) is 36.8 Å². The van der Waals surface area contributed by atoms with E-state index in [9.17, 15) is 0 Å². The lowest BCUT2D eigenvalue weighted by Gasteiger charge is -2.26. The maximum Gasteiger partial charge on any atom is 0.137 e. The summed E-state index contributed by atoms with van der Waals surface area (Å²) < 4.78 is 3.14. The van der Waals surface area contributed by atoms with Gasteiger partial charge in [-0.2, -0.15) is 0 Å². The molecule has 2 aromatic heterocycles. The molecular formula is C12H14BrN3. The Morgan fingerprint density at radius 1 is 1.38 bits per heavy atom. The highest BCUT2D eigenvalue weighted by atomic mass is 79.9. The molecule has 2 aromatic rings. The fraction of sp³-hybridized carbons (Fsp3) is 0.417. The van der Waals surface area contributed by atoms with Crippen LogP contribution in [-0.2, 0) is 6.54 Å². The third-order valence-corrected chi connectivity index (χ3v) is 3.61. The molecule has 1 saturated carbocycles. The van der Waals surface area contributed by atoms with Gasteiger partial charge in [-0.25, -0.2) is 4.98 Å². The number of rotatable bonds is 3. The van der Waals surface area contributed by atoms with E-state index in [1.165, 1.54) is 19.3 Å². The first-order valence-electron chi connectivity index (χ1n) is 5.68. The molecule has 3 rings (SSSR count). The van der Waals surface area contributed by atoms with Gasteiger partial charge >= 0.3 is 0 Å². The van der Waals surface area contributed by atoms with E-state index < -0.39 is 0 Å². The monoisotopic (exact) mass is 279 g/mol. The highest BCUT2D eigenvalue weighted by Gasteiger charge is 2.16. The third kappa shape index (κ3) is 1.99. The van der Waals surface area contributed by atoms with Crippen molar-refractivity contribution in [1.82, 2.24) is 14.7 Å². The first-order valence-corrected chi connectivity index (χ1v) is 6.47. The van der Waals surface area contributed by atoms with E-state index in [0.717, 1.165) is 28.4 Å². The molecule has 0 unspecified atom stereocenters. The number of hydrogen-bond acceptors (Lipinski definition) is 2. The Hall–Kier alpha value is -0.870. The van der Waals surface area contributed by atoms with Gasteiger partial charge in [0.15, 0.2) is 0 Å². The number of pyridine rings is 1. The lowest BCUT2D eigenvalue weighted by atomic mass is 9.93. The van der Waals surface area contributed by atoms with Crippen LogP contribution in [0.15, 0.2) is 29.0 Å². The summed E-state index contributed by atoms with van der Waals surface area (Å²) in [5, 5.41) is 3.52. The SMILES string of the molecule is Brc1ccc2nc(CNC3CCC3)cn2c1. The zero-order chi connectivity index (χ0) is 11.0. The molecule has 0 amide bonds. The number of nitrogens with zero attached hydrogens (tertiary/aromatic N) is 2. The molecule has 0 atom stereocenters. The maximum atomic E-state index is 4.56. The molecule has 0 aliphatic heterocycles. The smallest absolute Gasteiger partial charge is 0.137 e. The molecule has 0 saturated heterocycles. The molecule has 0 spiro atoms. The summed E-state index contributed by atoms with van der Waals surface area (Å²) in [6.07, 6.45) is 8.13. The van der Waals surface area contributed by atoms with Crippen LogP contribution in [0.25, 0.3) is 5.65 Å². The molecule has 1 aliphatic rings. The van der Waals surface area contributed by atoms with Crippen molar-refractivity contribution in [3.8, 4) is 0 Å². The van der Waals surface area contributed by atoms with Crippen molar-refractivity contribution in [3.05, 3.63) is 34.7 Å². The second-order valence-electron chi connectivity index (χ2n) is 4.35. The van der Waals surface area contributed by atoms with Gasteiger partial charge in [-0.15, -0.1) is 0 Å². The van der Waals surface area contributed by atoms with Crippen molar-refractivity contribution in [3.63, 3.8) is 0 Å². The molecule has 2 heterocycles. The fourth-order valence-corrected chi connectivity index (χ4v) is 2.32. The van der Waals surface area contributed by atoms with E-state index in [0.29, 0.717) is 0 Å². The van der Waals surface area contributed by atoms with Crippen LogP contribution in [0.2, 0.25) is 0 Å². The fourth-order valence-electron chi connectivity index (χ4n) is 1.96. The van der Waals surface area contributed by atoms with Crippen LogP contribution in [0, 0.1) is 0 Å². The van der Waals surface area contributed by atoms with Crippen LogP contribution in [0.3, 0.4) is 0 Å². The number of nitrogens with one attached hydrogen (secondary N) is 1. The van der Waals surface area contributed by atoms with Crippen LogP contribution in [0.1, 0.15) is 25.0 Å². The summed E-state index contributed by atoms with van der Waals surface area (Å²) in [6.45, 7) is 0.879. The lowest BCUT2D eigenvalue weighted by molar-refractivity contribution is 0.337. The molecule has 84 valence electrons. The number of hydrogen-bond donors (Lipinski definition) is 1. The average molecular weight is 280 g/mol. The topological polar surface area (TPSA) is 29.3 Å². The summed E-state index contributed by atoms with van der Waals surface area (Å²) in [6, 6.07) is 4.76. The Labute approximate surface area is 103 Å². The van der Waals surface area contributed by atoms with Crippen molar-refractivity contribution >= 4 is 21.6 Å². The minimum atomic E-state index is 0.719. The zero-order valence-corrected chi connectivity index (χ0v) is 10.6. The molecule has 1 N–H and O–H groups in total. The van der Waals surface area contributed by atoms with Crippen LogP contribution >= 0.6 is 15.9 Å². The normalized spacial score (nSPS) is 16.6. The first kappa shape index (κ1) is 10.3. The predicted molar refractivity (Wildman–Crippen MR) is 67.4 cm³/mol. The Balaban J connectivity index is 1.76. The summed E-state index contributed by atoms with van der Waals surface area (Å²) in [7, 11) is 0. The van der Waals surface area contributed by atoms with Crippen LogP contribution in [0.4, 0.5) is 0 Å². The van der Waals surface area contributed by atoms with Crippen LogP contribution < -0.4 is 5.32 Å². The maximum absolute atomic E-state index is 4.56. The first-order chi connectivity index (χ1) is 7.81. The molecule has 4 heteroatoms. The van der Waals surface area contributed by atoms with Crippen molar-refractivity contribution in [1.29, 1.82) is 0 Å². The molecule has 0 radical (unpaired) electrons. The van der Waals surface area contributed by atoms with Gasteiger partial charge < -0.3 is 9.72 Å². The molecule has 0 bridgehead atoms. The second kappa shape index (κ2) is 4.18. The van der Waals surface area contributed by atoms with Gasteiger partial charge in [-0.3, -0.25) is 0 Å². The Bertz CT molecular complexity index is 502. The molecule has 3 nitrogen and oxygen atoms in total. The second-order valence-corrected chi connectivity index (χ2v) is 5.27.